The molecule has 8 heteroatoms. The van der Waals surface area contributed by atoms with Crippen LogP contribution in [0.2, 0.25) is 5.02 Å². The van der Waals surface area contributed by atoms with Gasteiger partial charge in [-0.15, -0.1) is 0 Å². The number of aromatic amines is 1. The molecule has 2 N–H and O–H groups in total. The molecule has 7 nitrogen and oxygen atoms in total. The number of aryl methyl sites for hydroxylation is 1. The van der Waals surface area contributed by atoms with Crippen molar-refractivity contribution < 1.29 is 9.90 Å². The van der Waals surface area contributed by atoms with Crippen LogP contribution in [0.1, 0.15) is 21.6 Å². The summed E-state index contributed by atoms with van der Waals surface area (Å²) >= 11 is 6.16. The summed E-state index contributed by atoms with van der Waals surface area (Å²) in [4.78, 5) is 35.4. The maximum atomic E-state index is 13.0. The fraction of sp³-hybridized carbons (Fsp3) is 0.227. The smallest absolute Gasteiger partial charge is 0.294 e. The molecule has 0 saturated heterocycles. The molecule has 0 aliphatic carbocycles. The van der Waals surface area contributed by atoms with Crippen molar-refractivity contribution in [1.29, 1.82) is 0 Å². The monoisotopic (exact) mass is 426 g/mol. The van der Waals surface area contributed by atoms with E-state index in [2.05, 4.69) is 9.97 Å². The molecule has 156 valence electrons. The molecule has 0 fully saturated rings. The number of hydrogen-bond donors (Lipinski definition) is 2. The van der Waals surface area contributed by atoms with Crippen LogP contribution in [0.4, 0.5) is 5.69 Å². The van der Waals surface area contributed by atoms with Crippen molar-refractivity contribution >= 4 is 23.2 Å². The van der Waals surface area contributed by atoms with Crippen LogP contribution in [0.25, 0.3) is 11.4 Å². The first kappa shape index (κ1) is 21.4. The summed E-state index contributed by atoms with van der Waals surface area (Å²) in [5, 5.41) is 10.8. The largest absolute Gasteiger partial charge is 0.501 e. The fourth-order valence-electron chi connectivity index (χ4n) is 3.07. The maximum absolute atomic E-state index is 13.0. The average Bonchev–Trinajstić information content (AvgIpc) is 2.72. The molecule has 0 unspecified atom stereocenters. The second kappa shape index (κ2) is 8.59. The Balaban J connectivity index is 1.98. The summed E-state index contributed by atoms with van der Waals surface area (Å²) in [6.45, 7) is 2.14. The number of carbonyl (C=O) groups is 1. The van der Waals surface area contributed by atoms with Gasteiger partial charge < -0.3 is 19.9 Å². The third-order valence-corrected chi connectivity index (χ3v) is 5.15. The molecular weight excluding hydrogens is 404 g/mol. The number of benzene rings is 2. The van der Waals surface area contributed by atoms with Gasteiger partial charge in [0.15, 0.2) is 5.69 Å². The van der Waals surface area contributed by atoms with Crippen LogP contribution in [0.5, 0.6) is 5.75 Å². The number of halogens is 1. The van der Waals surface area contributed by atoms with E-state index in [4.69, 9.17) is 11.6 Å². The fourth-order valence-corrected chi connectivity index (χ4v) is 3.27. The quantitative estimate of drug-likeness (QED) is 0.652. The topological polar surface area (TPSA) is 89.5 Å². The Morgan fingerprint density at radius 2 is 1.87 bits per heavy atom. The van der Waals surface area contributed by atoms with Gasteiger partial charge in [0, 0.05) is 44.0 Å². The molecule has 0 aliphatic heterocycles. The highest BCUT2D eigenvalue weighted by atomic mass is 35.5. The number of rotatable bonds is 5. The highest BCUT2D eigenvalue weighted by molar-refractivity contribution is 6.31. The molecule has 0 bridgehead atoms. The molecule has 2 aromatic carbocycles. The Kier molecular flexibility index (Phi) is 6.12. The number of carbonyl (C=O) groups excluding carboxylic acids is 1. The van der Waals surface area contributed by atoms with Crippen molar-refractivity contribution in [1.82, 2.24) is 14.9 Å². The van der Waals surface area contributed by atoms with Crippen molar-refractivity contribution in [2.75, 3.05) is 26.0 Å². The van der Waals surface area contributed by atoms with Gasteiger partial charge in [-0.2, -0.15) is 0 Å². The maximum Gasteiger partial charge on any atom is 0.294 e. The second-order valence-electron chi connectivity index (χ2n) is 7.27. The minimum Gasteiger partial charge on any atom is -0.501 e. The van der Waals surface area contributed by atoms with E-state index >= 15 is 0 Å². The van der Waals surface area contributed by atoms with E-state index < -0.39 is 17.2 Å². The van der Waals surface area contributed by atoms with Gasteiger partial charge in [-0.25, -0.2) is 4.98 Å². The van der Waals surface area contributed by atoms with E-state index in [0.29, 0.717) is 10.6 Å². The Hall–Kier alpha value is -3.32. The van der Waals surface area contributed by atoms with E-state index in [1.54, 1.807) is 19.2 Å². The van der Waals surface area contributed by atoms with Crippen molar-refractivity contribution in [3.05, 3.63) is 74.7 Å². The average molecular weight is 427 g/mol. The molecule has 30 heavy (non-hydrogen) atoms. The van der Waals surface area contributed by atoms with Gasteiger partial charge in [0.1, 0.15) is 5.82 Å². The highest BCUT2D eigenvalue weighted by Crippen LogP contribution is 2.27. The summed E-state index contributed by atoms with van der Waals surface area (Å²) in [7, 11) is 5.31. The molecule has 1 heterocycles. The Morgan fingerprint density at radius 3 is 2.53 bits per heavy atom. The van der Waals surface area contributed by atoms with Crippen LogP contribution in [0.3, 0.4) is 0 Å². The van der Waals surface area contributed by atoms with Gasteiger partial charge in [-0.3, -0.25) is 9.59 Å². The normalized spacial score (nSPS) is 10.7. The van der Waals surface area contributed by atoms with E-state index in [9.17, 15) is 14.7 Å². The Bertz CT molecular complexity index is 1160. The molecule has 0 saturated carbocycles. The minimum absolute atomic E-state index is 0.206. The van der Waals surface area contributed by atoms with Gasteiger partial charge in [0.2, 0.25) is 5.75 Å². The predicted octanol–water partition coefficient (Wildman–Crippen LogP) is 3.44. The third-order valence-electron chi connectivity index (χ3n) is 4.74. The summed E-state index contributed by atoms with van der Waals surface area (Å²) in [5.74, 6) is -1.07. The van der Waals surface area contributed by atoms with Gasteiger partial charge in [0.05, 0.1) is 0 Å². The number of hydrogen-bond acceptors (Lipinski definition) is 5. The molecule has 0 radical (unpaired) electrons. The number of aromatic nitrogens is 2. The summed E-state index contributed by atoms with van der Waals surface area (Å²) in [6.07, 6.45) is 0. The van der Waals surface area contributed by atoms with Crippen molar-refractivity contribution in [3.63, 3.8) is 0 Å². The molecule has 1 amide bonds. The van der Waals surface area contributed by atoms with Crippen LogP contribution in [-0.2, 0) is 6.54 Å². The van der Waals surface area contributed by atoms with Crippen LogP contribution in [0, 0.1) is 6.92 Å². The molecule has 0 atom stereocenters. The van der Waals surface area contributed by atoms with E-state index in [-0.39, 0.29) is 18.1 Å². The molecule has 3 rings (SSSR count). The first-order chi connectivity index (χ1) is 14.2. The minimum atomic E-state index is -0.774. The summed E-state index contributed by atoms with van der Waals surface area (Å²) in [6, 6.07) is 12.9. The zero-order valence-corrected chi connectivity index (χ0v) is 18.0. The van der Waals surface area contributed by atoms with Crippen molar-refractivity contribution in [2.45, 2.75) is 13.5 Å². The number of nitrogens with one attached hydrogen (secondary N) is 1. The Morgan fingerprint density at radius 1 is 1.17 bits per heavy atom. The number of aromatic hydroxyl groups is 1. The van der Waals surface area contributed by atoms with Gasteiger partial charge in [0.25, 0.3) is 11.5 Å². The van der Waals surface area contributed by atoms with Crippen molar-refractivity contribution in [3.8, 4) is 17.1 Å². The predicted molar refractivity (Wildman–Crippen MR) is 118 cm³/mol. The number of anilines is 1. The van der Waals surface area contributed by atoms with Gasteiger partial charge in [-0.1, -0.05) is 35.9 Å². The molecule has 1 aromatic heterocycles. The molecule has 0 aliphatic rings. The summed E-state index contributed by atoms with van der Waals surface area (Å²) in [5.41, 5.74) is 2.14. The highest BCUT2D eigenvalue weighted by Gasteiger charge is 2.23. The number of H-pyrrole nitrogens is 1. The zero-order chi connectivity index (χ0) is 22.0. The lowest BCUT2D eigenvalue weighted by Crippen LogP contribution is -2.29. The Labute approximate surface area is 179 Å². The lowest BCUT2D eigenvalue weighted by Gasteiger charge is -2.19. The summed E-state index contributed by atoms with van der Waals surface area (Å²) < 4.78 is 0. The lowest BCUT2D eigenvalue weighted by atomic mass is 10.1. The first-order valence-electron chi connectivity index (χ1n) is 9.29. The van der Waals surface area contributed by atoms with Crippen LogP contribution < -0.4 is 10.5 Å². The van der Waals surface area contributed by atoms with Crippen LogP contribution >= 0.6 is 11.6 Å². The van der Waals surface area contributed by atoms with Crippen LogP contribution in [0.15, 0.2) is 47.3 Å². The molecule has 0 spiro atoms. The standard InChI is InChI=1S/C22H23ClN4O3/c1-13-9-10-14(11-16(13)23)12-27(4)22(30)18-19(28)21(29)25-20(24-18)15-7-5-6-8-17(15)26(2)3/h5-11,28H,12H2,1-4H3,(H,24,25,29). The molecular formula is C22H23ClN4O3. The first-order valence-corrected chi connectivity index (χ1v) is 9.67. The van der Waals surface area contributed by atoms with E-state index in [0.717, 1.165) is 16.8 Å². The number of nitrogens with zero attached hydrogens (tertiary/aromatic N) is 3. The lowest BCUT2D eigenvalue weighted by molar-refractivity contribution is 0.0775. The van der Waals surface area contributed by atoms with Crippen LogP contribution in [-0.4, -0.2) is 47.0 Å². The zero-order valence-electron chi connectivity index (χ0n) is 17.2. The van der Waals surface area contributed by atoms with Gasteiger partial charge in [-0.05, 0) is 36.2 Å². The van der Waals surface area contributed by atoms with E-state index in [1.165, 1.54) is 4.90 Å². The van der Waals surface area contributed by atoms with Gasteiger partial charge >= 0.3 is 0 Å². The number of para-hydroxylation sites is 1. The van der Waals surface area contributed by atoms with Crippen molar-refractivity contribution in [2.24, 2.45) is 0 Å². The SMILES string of the molecule is Cc1ccc(CN(C)C(=O)c2nc(-c3ccccc3N(C)C)[nH]c(=O)c2O)cc1Cl. The number of amides is 1. The molecule has 3 aromatic rings. The second-order valence-corrected chi connectivity index (χ2v) is 7.68. The third kappa shape index (κ3) is 4.31. The van der Waals surface area contributed by atoms with E-state index in [1.807, 2.05) is 56.3 Å².